The van der Waals surface area contributed by atoms with E-state index in [1.807, 2.05) is 19.1 Å². The molecular formula is C29H28N6O4S2. The van der Waals surface area contributed by atoms with Crippen molar-refractivity contribution in [3.05, 3.63) is 82.7 Å². The van der Waals surface area contributed by atoms with Gasteiger partial charge in [0.1, 0.15) is 5.82 Å². The summed E-state index contributed by atoms with van der Waals surface area (Å²) in [7, 11) is 0. The molecule has 0 radical (unpaired) electrons. The Hall–Kier alpha value is -4.00. The summed E-state index contributed by atoms with van der Waals surface area (Å²) in [6.45, 7) is 4.94. The van der Waals surface area contributed by atoms with Crippen LogP contribution in [0.15, 0.2) is 85.2 Å². The molecular weight excluding hydrogens is 560 g/mol. The number of carbonyl (C=O) groups is 1. The Morgan fingerprint density at radius 1 is 1.10 bits per heavy atom. The largest absolute Gasteiger partial charge is 0.465 e. The Balaban J connectivity index is 1.22. The first-order chi connectivity index (χ1) is 19.9. The average Bonchev–Trinajstić information content (AvgIpc) is 2.99. The zero-order valence-corrected chi connectivity index (χ0v) is 23.8. The Morgan fingerprint density at radius 3 is 2.78 bits per heavy atom. The van der Waals surface area contributed by atoms with Gasteiger partial charge in [0, 0.05) is 61.9 Å². The number of nitrogens with one attached hydrogen (secondary N) is 3. The molecule has 1 atom stereocenters. The lowest BCUT2D eigenvalue weighted by Gasteiger charge is -2.29. The highest BCUT2D eigenvalue weighted by atomic mass is 32.2. The van der Waals surface area contributed by atoms with Gasteiger partial charge in [0.25, 0.3) is 0 Å². The van der Waals surface area contributed by atoms with Crippen molar-refractivity contribution in [2.45, 2.75) is 39.1 Å². The molecule has 2 aromatic carbocycles. The topological polar surface area (TPSA) is 132 Å². The normalized spacial score (nSPS) is 15.0. The molecule has 4 aromatic rings. The van der Waals surface area contributed by atoms with Crippen LogP contribution in [0.25, 0.3) is 11.3 Å². The molecule has 2 aromatic heterocycles. The van der Waals surface area contributed by atoms with Crippen LogP contribution < -0.4 is 21.1 Å². The van der Waals surface area contributed by atoms with Gasteiger partial charge in [-0.3, -0.25) is 4.79 Å². The van der Waals surface area contributed by atoms with E-state index in [9.17, 15) is 9.59 Å². The van der Waals surface area contributed by atoms with Crippen LogP contribution in [-0.2, 0) is 11.3 Å². The molecule has 1 unspecified atom stereocenters. The van der Waals surface area contributed by atoms with Crippen LogP contribution in [-0.4, -0.2) is 52.5 Å². The fraction of sp³-hybridized carbons (Fsp3) is 0.241. The Labute approximate surface area is 245 Å². The number of aromatic amines is 1. The van der Waals surface area contributed by atoms with E-state index in [2.05, 4.69) is 60.8 Å². The third-order valence-corrected chi connectivity index (χ3v) is 9.37. The number of hydrogen-bond acceptors (Lipinski definition) is 9. The molecule has 1 fully saturated rings. The number of aromatic nitrogens is 3. The minimum Gasteiger partial charge on any atom is -0.465 e. The highest BCUT2D eigenvalue weighted by molar-refractivity contribution is 8.05. The number of morpholine rings is 1. The summed E-state index contributed by atoms with van der Waals surface area (Å²) < 4.78 is 5.48. The molecule has 1 saturated heterocycles. The smallest absolute Gasteiger partial charge is 0.404 e. The number of nitrogens with zero attached hydrogens (tertiary/aromatic N) is 3. The average molecular weight is 589 g/mol. The Morgan fingerprint density at radius 2 is 1.95 bits per heavy atom. The van der Waals surface area contributed by atoms with Crippen LogP contribution in [0.2, 0.25) is 0 Å². The van der Waals surface area contributed by atoms with Gasteiger partial charge in [-0.2, -0.15) is 0 Å². The molecule has 0 bridgehead atoms. The number of carboxylic acid groups (broad SMARTS) is 1. The van der Waals surface area contributed by atoms with E-state index in [0.29, 0.717) is 24.7 Å². The molecule has 4 heterocycles. The predicted molar refractivity (Wildman–Crippen MR) is 159 cm³/mol. The molecule has 2 aliphatic rings. The third kappa shape index (κ3) is 6.19. The third-order valence-electron chi connectivity index (χ3n) is 6.77. The number of ether oxygens (including phenoxy) is 1. The van der Waals surface area contributed by atoms with Crippen molar-refractivity contribution in [1.82, 2.24) is 20.3 Å². The first-order valence-corrected chi connectivity index (χ1v) is 14.8. The number of pyridine rings is 1. The molecule has 41 heavy (non-hydrogen) atoms. The summed E-state index contributed by atoms with van der Waals surface area (Å²) in [5.41, 5.74) is 4.14. The molecule has 0 saturated carbocycles. The zero-order chi connectivity index (χ0) is 28.3. The number of benzene rings is 2. The second-order valence-electron chi connectivity index (χ2n) is 9.65. The van der Waals surface area contributed by atoms with E-state index in [1.54, 1.807) is 41.9 Å². The standard InChI is InChI=1S/C29H28N6O4S2/c1-17(28-30-8-7-19(33-28)16-31-29(37)38)32-18-5-6-23-25(13-18)40-24-4-2-3-21(27(24)41-23)22-14-20(15-26(36)34-22)35-9-11-39-12-10-35/h2-8,13-15,17,31-32H,9-12,16H2,1H3,(H,34,36)(H,37,38). The second-order valence-corrected chi connectivity index (χ2v) is 11.8. The van der Waals surface area contributed by atoms with Gasteiger partial charge in [-0.1, -0.05) is 35.7 Å². The number of rotatable bonds is 7. The van der Waals surface area contributed by atoms with Gasteiger partial charge in [-0.15, -0.1) is 0 Å². The van der Waals surface area contributed by atoms with Crippen LogP contribution in [0.4, 0.5) is 16.2 Å². The lowest BCUT2D eigenvalue weighted by Crippen LogP contribution is -2.36. The van der Waals surface area contributed by atoms with E-state index >= 15 is 0 Å². The molecule has 0 spiro atoms. The lowest BCUT2D eigenvalue weighted by molar-refractivity contribution is 0.122. The first-order valence-electron chi connectivity index (χ1n) is 13.2. The van der Waals surface area contributed by atoms with Crippen molar-refractivity contribution in [2.24, 2.45) is 0 Å². The number of H-pyrrole nitrogens is 1. The molecule has 4 N–H and O–H groups in total. The maximum Gasteiger partial charge on any atom is 0.404 e. The van der Waals surface area contributed by atoms with Gasteiger partial charge in [0.05, 0.1) is 37.2 Å². The van der Waals surface area contributed by atoms with Gasteiger partial charge in [-0.25, -0.2) is 14.8 Å². The number of hydrogen-bond donors (Lipinski definition) is 4. The van der Waals surface area contributed by atoms with Gasteiger partial charge in [-0.05, 0) is 43.3 Å². The molecule has 10 nitrogen and oxygen atoms in total. The minimum absolute atomic E-state index is 0.118. The number of anilines is 2. The van der Waals surface area contributed by atoms with Gasteiger partial charge < -0.3 is 30.4 Å². The van der Waals surface area contributed by atoms with Crippen LogP contribution in [0.1, 0.15) is 24.5 Å². The Bertz CT molecular complexity index is 1660. The monoisotopic (exact) mass is 588 g/mol. The predicted octanol–water partition coefficient (Wildman–Crippen LogP) is 5.23. The van der Waals surface area contributed by atoms with Crippen molar-refractivity contribution in [1.29, 1.82) is 0 Å². The van der Waals surface area contributed by atoms with Gasteiger partial charge in [0.2, 0.25) is 5.56 Å². The van der Waals surface area contributed by atoms with Gasteiger partial charge >= 0.3 is 6.09 Å². The highest BCUT2D eigenvalue weighted by Gasteiger charge is 2.23. The molecule has 1 amide bonds. The quantitative estimate of drug-likeness (QED) is 0.200. The molecule has 2 aliphatic heterocycles. The molecule has 6 rings (SSSR count). The van der Waals surface area contributed by atoms with E-state index < -0.39 is 6.09 Å². The highest BCUT2D eigenvalue weighted by Crippen LogP contribution is 2.52. The fourth-order valence-electron chi connectivity index (χ4n) is 4.78. The summed E-state index contributed by atoms with van der Waals surface area (Å²) in [5, 5.41) is 14.7. The summed E-state index contributed by atoms with van der Waals surface area (Å²) in [4.78, 5) is 42.1. The van der Waals surface area contributed by atoms with Gasteiger partial charge in [0.15, 0.2) is 0 Å². The lowest BCUT2D eigenvalue weighted by atomic mass is 10.1. The van der Waals surface area contributed by atoms with E-state index in [1.165, 1.54) is 0 Å². The van der Waals surface area contributed by atoms with Crippen LogP contribution in [0.3, 0.4) is 0 Å². The maximum absolute atomic E-state index is 12.6. The second kappa shape index (κ2) is 11.9. The van der Waals surface area contributed by atoms with E-state index in [0.717, 1.165) is 55.3 Å². The van der Waals surface area contributed by atoms with Crippen molar-refractivity contribution >= 4 is 41.0 Å². The summed E-state index contributed by atoms with van der Waals surface area (Å²) in [5.74, 6) is 0.581. The summed E-state index contributed by atoms with van der Waals surface area (Å²) in [6.07, 6.45) is 0.543. The molecule has 210 valence electrons. The SMILES string of the molecule is CC(Nc1ccc2c(c1)Sc1cccc(-c3cc(N4CCOCC4)cc(=O)[nH]3)c1S2)c1nccc(CNC(=O)O)n1. The van der Waals surface area contributed by atoms with E-state index in [-0.39, 0.29) is 18.1 Å². The number of amides is 1. The van der Waals surface area contributed by atoms with E-state index in [4.69, 9.17) is 9.84 Å². The minimum atomic E-state index is -1.09. The van der Waals surface area contributed by atoms with Crippen LogP contribution >= 0.6 is 23.5 Å². The zero-order valence-electron chi connectivity index (χ0n) is 22.2. The Kier molecular flexibility index (Phi) is 7.86. The van der Waals surface area contributed by atoms with Crippen LogP contribution in [0.5, 0.6) is 0 Å². The summed E-state index contributed by atoms with van der Waals surface area (Å²) in [6, 6.07) is 17.7. The maximum atomic E-state index is 12.6. The fourth-order valence-corrected chi connectivity index (χ4v) is 7.20. The van der Waals surface area contributed by atoms with Crippen LogP contribution in [0, 0.1) is 0 Å². The molecule has 12 heteroatoms. The first kappa shape index (κ1) is 27.2. The summed E-state index contributed by atoms with van der Waals surface area (Å²) >= 11 is 3.40. The van der Waals surface area contributed by atoms with Crippen molar-refractivity contribution in [3.8, 4) is 11.3 Å². The van der Waals surface area contributed by atoms with Crippen molar-refractivity contribution in [3.63, 3.8) is 0 Å². The molecule has 0 aliphatic carbocycles. The van der Waals surface area contributed by atoms with Crippen molar-refractivity contribution < 1.29 is 14.6 Å². The number of fused-ring (bicyclic) bond motifs is 2. The van der Waals surface area contributed by atoms with Crippen molar-refractivity contribution in [2.75, 3.05) is 36.5 Å².